The van der Waals surface area contributed by atoms with Crippen molar-refractivity contribution in [2.24, 2.45) is 5.92 Å². The van der Waals surface area contributed by atoms with Gasteiger partial charge in [0.25, 0.3) is 0 Å². The van der Waals surface area contributed by atoms with E-state index in [9.17, 15) is 0 Å². The van der Waals surface area contributed by atoms with Crippen molar-refractivity contribution in [1.82, 2.24) is 4.90 Å². The van der Waals surface area contributed by atoms with Crippen LogP contribution in [0.4, 0.5) is 0 Å². The standard InChI is InChI=1S/C13H17NS2.3CH3.Sn/c15-13(16)14-8-6-12(7-9-14)10-11-4-2-1-3-5-11;;;;/h1-5,12H,6-10H2,(H,15,16);3*1H3;/q;;;;+1/p-1. The summed E-state index contributed by atoms with van der Waals surface area (Å²) < 4.78 is 0.637. The minimum atomic E-state index is -0.543. The van der Waals surface area contributed by atoms with Crippen molar-refractivity contribution in [3.05, 3.63) is 35.9 Å². The molecule has 110 valence electrons. The first kappa shape index (κ1) is 18.2. The van der Waals surface area contributed by atoms with E-state index in [1.165, 1.54) is 24.8 Å². The van der Waals surface area contributed by atoms with Crippen LogP contribution >= 0.6 is 12.2 Å². The van der Waals surface area contributed by atoms with E-state index in [0.717, 1.165) is 19.0 Å². The van der Waals surface area contributed by atoms with Gasteiger partial charge in [-0.2, -0.15) is 0 Å². The molecule has 0 N–H and O–H groups in total. The van der Waals surface area contributed by atoms with E-state index in [2.05, 4.69) is 50.1 Å². The SMILES string of the molecule is S=C([S-])N1CCC(Cc2ccccc2)CC1.[CH3][Sn+]([CH3])[CH3]. The minimum absolute atomic E-state index is 0.543. The van der Waals surface area contributed by atoms with Crippen molar-refractivity contribution in [2.45, 2.75) is 34.1 Å². The average Bonchev–Trinajstić information content (AvgIpc) is 2.40. The van der Waals surface area contributed by atoms with Gasteiger partial charge in [0.2, 0.25) is 0 Å². The topological polar surface area (TPSA) is 3.24 Å². The van der Waals surface area contributed by atoms with Gasteiger partial charge in [-0.05, 0) is 30.7 Å². The summed E-state index contributed by atoms with van der Waals surface area (Å²) in [5.74, 6) is 0.794. The number of rotatable bonds is 2. The molecule has 1 aromatic carbocycles. The molecule has 1 aliphatic rings. The van der Waals surface area contributed by atoms with Crippen LogP contribution < -0.4 is 0 Å². The molecule has 0 aliphatic carbocycles. The molecule has 1 aliphatic heterocycles. The fraction of sp³-hybridized carbons (Fsp3) is 0.562. The summed E-state index contributed by atoms with van der Waals surface area (Å²) in [5.41, 5.74) is 1.45. The quantitative estimate of drug-likeness (QED) is 0.407. The Kier molecular flexibility index (Phi) is 9.05. The van der Waals surface area contributed by atoms with Crippen molar-refractivity contribution in [1.29, 1.82) is 0 Å². The van der Waals surface area contributed by atoms with Crippen LogP contribution in [-0.2, 0) is 19.0 Å². The van der Waals surface area contributed by atoms with Gasteiger partial charge in [0.15, 0.2) is 0 Å². The Hall–Kier alpha value is 0.129. The molecule has 20 heavy (non-hydrogen) atoms. The van der Waals surface area contributed by atoms with Crippen molar-refractivity contribution in [2.75, 3.05) is 13.1 Å². The van der Waals surface area contributed by atoms with Gasteiger partial charge in [-0.1, -0.05) is 34.7 Å². The summed E-state index contributed by atoms with van der Waals surface area (Å²) in [7, 11) is 0. The molecule has 0 unspecified atom stereocenters. The zero-order valence-corrected chi connectivity index (χ0v) is 17.3. The normalized spacial score (nSPS) is 15.2. The molecule has 1 saturated heterocycles. The van der Waals surface area contributed by atoms with E-state index in [-0.39, 0.29) is 0 Å². The second-order valence-corrected chi connectivity index (χ2v) is 15.5. The third-order valence-electron chi connectivity index (χ3n) is 3.24. The summed E-state index contributed by atoms with van der Waals surface area (Å²) in [5, 5.41) is 0. The predicted octanol–water partition coefficient (Wildman–Crippen LogP) is 4.14. The van der Waals surface area contributed by atoms with Crippen LogP contribution in [0.5, 0.6) is 0 Å². The summed E-state index contributed by atoms with van der Waals surface area (Å²) in [6, 6.07) is 10.7. The molecule has 0 saturated carbocycles. The molecule has 1 fully saturated rings. The van der Waals surface area contributed by atoms with Crippen molar-refractivity contribution >= 4 is 48.9 Å². The van der Waals surface area contributed by atoms with E-state index in [4.69, 9.17) is 24.8 Å². The van der Waals surface area contributed by atoms with Crippen molar-refractivity contribution in [3.63, 3.8) is 0 Å². The third-order valence-corrected chi connectivity index (χ3v) is 3.76. The average molecular weight is 414 g/mol. The molecule has 0 spiro atoms. The maximum atomic E-state index is 5.02. The number of thiocarbonyl (C=S) groups is 1. The number of likely N-dealkylation sites (tertiary alicyclic amines) is 1. The van der Waals surface area contributed by atoms with Crippen LogP contribution in [0.3, 0.4) is 0 Å². The van der Waals surface area contributed by atoms with Crippen LogP contribution in [0.15, 0.2) is 30.3 Å². The van der Waals surface area contributed by atoms with E-state index in [1.807, 2.05) is 0 Å². The van der Waals surface area contributed by atoms with Crippen LogP contribution in [0, 0.1) is 5.92 Å². The molecule has 0 bridgehead atoms. The van der Waals surface area contributed by atoms with Gasteiger partial charge in [0.1, 0.15) is 0 Å². The zero-order valence-electron chi connectivity index (χ0n) is 12.8. The first-order valence-corrected chi connectivity index (χ1v) is 16.6. The van der Waals surface area contributed by atoms with Crippen LogP contribution in [-0.4, -0.2) is 42.1 Å². The summed E-state index contributed by atoms with van der Waals surface area (Å²) >= 11 is 9.51. The Labute approximate surface area is 142 Å². The predicted molar refractivity (Wildman–Crippen MR) is 97.8 cm³/mol. The number of nitrogens with zero attached hydrogens (tertiary/aromatic N) is 1. The molecule has 1 nitrogen and oxygen atoms in total. The van der Waals surface area contributed by atoms with E-state index in [1.54, 1.807) is 0 Å². The van der Waals surface area contributed by atoms with Gasteiger partial charge in [-0.15, -0.1) is 0 Å². The third kappa shape index (κ3) is 7.79. The summed E-state index contributed by atoms with van der Waals surface area (Å²) in [6.07, 6.45) is 3.62. The van der Waals surface area contributed by atoms with Gasteiger partial charge >= 0.3 is 34.6 Å². The maximum absolute atomic E-state index is 5.02. The fourth-order valence-electron chi connectivity index (χ4n) is 2.27. The van der Waals surface area contributed by atoms with Gasteiger partial charge in [-0.3, -0.25) is 0 Å². The fourth-order valence-corrected chi connectivity index (χ4v) is 2.63. The molecule has 0 radical (unpaired) electrons. The first-order valence-electron chi connectivity index (χ1n) is 7.25. The van der Waals surface area contributed by atoms with Gasteiger partial charge < -0.3 is 29.7 Å². The molecule has 4 heteroatoms. The number of benzene rings is 1. The summed E-state index contributed by atoms with van der Waals surface area (Å²) in [6.45, 7) is 2.08. The Balaban J connectivity index is 0.000000444. The van der Waals surface area contributed by atoms with E-state index < -0.39 is 19.8 Å². The molecule has 2 rings (SSSR count). The Morgan fingerprint density at radius 2 is 1.70 bits per heavy atom. The van der Waals surface area contributed by atoms with Gasteiger partial charge in [-0.25, -0.2) is 0 Å². The molecule has 0 amide bonds. The van der Waals surface area contributed by atoms with Crippen LogP contribution in [0.1, 0.15) is 18.4 Å². The van der Waals surface area contributed by atoms with Crippen molar-refractivity contribution in [3.8, 4) is 0 Å². The molecular weight excluding hydrogens is 389 g/mol. The number of hydrogen-bond donors (Lipinski definition) is 0. The molecular formula is C16H25NS2Sn. The zero-order chi connectivity index (χ0) is 15.0. The molecule has 1 aromatic rings. The molecule has 0 aromatic heterocycles. The van der Waals surface area contributed by atoms with Gasteiger partial charge in [0, 0.05) is 13.1 Å². The Morgan fingerprint density at radius 1 is 1.20 bits per heavy atom. The molecule has 0 atom stereocenters. The number of hydrogen-bond acceptors (Lipinski definition) is 2. The molecule has 1 heterocycles. The van der Waals surface area contributed by atoms with Crippen LogP contribution in [0.2, 0.25) is 14.8 Å². The Morgan fingerprint density at radius 3 is 2.15 bits per heavy atom. The van der Waals surface area contributed by atoms with Crippen molar-refractivity contribution < 1.29 is 0 Å². The Bertz CT molecular complexity index is 384. The van der Waals surface area contributed by atoms with E-state index >= 15 is 0 Å². The van der Waals surface area contributed by atoms with E-state index in [0.29, 0.717) is 4.32 Å². The summed E-state index contributed by atoms with van der Waals surface area (Å²) in [4.78, 5) is 9.24. The van der Waals surface area contributed by atoms with Gasteiger partial charge in [0.05, 0.1) is 0 Å². The second kappa shape index (κ2) is 9.96. The second-order valence-electron chi connectivity index (χ2n) is 5.89. The number of piperidine rings is 1. The van der Waals surface area contributed by atoms with Crippen LogP contribution in [0.25, 0.3) is 0 Å². The monoisotopic (exact) mass is 415 g/mol. The first-order chi connectivity index (χ1) is 9.49.